The molecule has 0 aromatic rings. The van der Waals surface area contributed by atoms with Crippen LogP contribution in [0.2, 0.25) is 0 Å². The van der Waals surface area contributed by atoms with Crippen LogP contribution in [-0.4, -0.2) is 116 Å². The minimum Gasteiger partial charge on any atom is -0.481 e. The monoisotopic (exact) mass is 513 g/mol. The highest BCUT2D eigenvalue weighted by molar-refractivity contribution is 6.14. The summed E-state index contributed by atoms with van der Waals surface area (Å²) in [6.45, 7) is 2.35. The number of nitrogens with one attached hydrogen (secondary N) is 1. The zero-order valence-corrected chi connectivity index (χ0v) is 19.8. The van der Waals surface area contributed by atoms with E-state index in [0.29, 0.717) is 33.0 Å². The summed E-state index contributed by atoms with van der Waals surface area (Å²) in [6.07, 6.45) is 0.198. The molecule has 1 fully saturated rings. The maximum atomic E-state index is 12.4. The van der Waals surface area contributed by atoms with E-state index in [9.17, 15) is 28.8 Å². The topological polar surface area (TPSA) is 178 Å². The van der Waals surface area contributed by atoms with E-state index in [1.165, 1.54) is 0 Å². The fourth-order valence-corrected chi connectivity index (χ4v) is 3.35. The van der Waals surface area contributed by atoms with Gasteiger partial charge in [0.1, 0.15) is 6.17 Å². The van der Waals surface area contributed by atoms with E-state index in [2.05, 4.69) is 5.32 Å². The molecule has 0 aromatic heterocycles. The summed E-state index contributed by atoms with van der Waals surface area (Å²) in [6, 6.07) is 0. The second-order valence-electron chi connectivity index (χ2n) is 7.67. The fraction of sp³-hybridized carbons (Fsp3) is 0.636. The van der Waals surface area contributed by atoms with E-state index in [0.717, 1.165) is 22.0 Å². The molecule has 0 spiro atoms. The van der Waals surface area contributed by atoms with Crippen LogP contribution in [-0.2, 0) is 47.7 Å². The molecule has 36 heavy (non-hydrogen) atoms. The van der Waals surface area contributed by atoms with Crippen molar-refractivity contribution in [2.45, 2.75) is 31.8 Å². The molecule has 14 nitrogen and oxygen atoms in total. The van der Waals surface area contributed by atoms with Gasteiger partial charge in [-0.15, -0.1) is 0 Å². The molecule has 0 radical (unpaired) electrons. The molecule has 2 aliphatic heterocycles. The summed E-state index contributed by atoms with van der Waals surface area (Å²) in [5.41, 5.74) is 0. The zero-order chi connectivity index (χ0) is 26.3. The van der Waals surface area contributed by atoms with Crippen molar-refractivity contribution in [2.24, 2.45) is 0 Å². The molecule has 1 unspecified atom stereocenters. The second-order valence-corrected chi connectivity index (χ2v) is 7.67. The third-order valence-electron chi connectivity index (χ3n) is 5.04. The van der Waals surface area contributed by atoms with Gasteiger partial charge < -0.3 is 29.4 Å². The van der Waals surface area contributed by atoms with Crippen molar-refractivity contribution in [1.82, 2.24) is 15.1 Å². The molecule has 2 rings (SSSR count). The minimum absolute atomic E-state index is 0.0361. The third kappa shape index (κ3) is 9.81. The Hall–Kier alpha value is -3.20. The first-order valence-corrected chi connectivity index (χ1v) is 11.5. The molecule has 2 heterocycles. The van der Waals surface area contributed by atoms with Gasteiger partial charge in [-0.2, -0.15) is 0 Å². The number of carbonyl (C=O) groups is 6. The number of aliphatic carboxylic acids is 1. The first-order chi connectivity index (χ1) is 17.3. The molecular weight excluding hydrogens is 482 g/mol. The summed E-state index contributed by atoms with van der Waals surface area (Å²) < 4.78 is 21.0. The smallest absolute Gasteiger partial charge is 0.305 e. The lowest BCUT2D eigenvalue weighted by Gasteiger charge is -2.32. The Morgan fingerprint density at radius 3 is 1.75 bits per heavy atom. The minimum atomic E-state index is -1.31. The number of carbonyl (C=O) groups excluding carboxylic acids is 5. The van der Waals surface area contributed by atoms with Gasteiger partial charge in [-0.1, -0.05) is 0 Å². The molecule has 2 aliphatic rings. The van der Waals surface area contributed by atoms with Gasteiger partial charge in [0.05, 0.1) is 65.7 Å². The lowest BCUT2D eigenvalue weighted by atomic mass is 10.2. The van der Waals surface area contributed by atoms with E-state index in [1.807, 2.05) is 0 Å². The number of hydrogen-bond acceptors (Lipinski definition) is 10. The summed E-state index contributed by atoms with van der Waals surface area (Å²) in [5, 5.41) is 11.0. The number of likely N-dealkylation sites (tertiary alicyclic amines) is 1. The lowest BCUT2D eigenvalue weighted by Crippen LogP contribution is -2.54. The van der Waals surface area contributed by atoms with Gasteiger partial charge in [0.15, 0.2) is 0 Å². The highest BCUT2D eigenvalue weighted by atomic mass is 16.6. The van der Waals surface area contributed by atoms with E-state index in [4.69, 9.17) is 24.1 Å². The molecule has 14 heteroatoms. The van der Waals surface area contributed by atoms with Crippen molar-refractivity contribution in [3.63, 3.8) is 0 Å². The van der Waals surface area contributed by atoms with Crippen LogP contribution >= 0.6 is 0 Å². The van der Waals surface area contributed by atoms with Crippen molar-refractivity contribution in [1.29, 1.82) is 0 Å². The largest absolute Gasteiger partial charge is 0.481 e. The molecule has 2 N–H and O–H groups in total. The number of carboxylic acids is 1. The molecule has 0 aromatic carbocycles. The van der Waals surface area contributed by atoms with Crippen LogP contribution in [0.4, 0.5) is 0 Å². The van der Waals surface area contributed by atoms with Crippen molar-refractivity contribution >= 4 is 35.5 Å². The SMILES string of the molecule is O=C(O)CCOCCOCCOCCOCCNC(=O)CC(N1C(=O)C=CC1=O)N1C(=O)CCC1=O. The van der Waals surface area contributed by atoms with Crippen LogP contribution in [0.25, 0.3) is 0 Å². The third-order valence-corrected chi connectivity index (χ3v) is 5.04. The normalized spacial score (nSPS) is 16.3. The summed E-state index contributed by atoms with van der Waals surface area (Å²) in [4.78, 5) is 72.7. The molecule has 1 saturated heterocycles. The lowest BCUT2D eigenvalue weighted by molar-refractivity contribution is -0.154. The first-order valence-electron chi connectivity index (χ1n) is 11.5. The van der Waals surface area contributed by atoms with Crippen LogP contribution in [0.15, 0.2) is 12.2 Å². The van der Waals surface area contributed by atoms with E-state index in [1.54, 1.807) is 0 Å². The van der Waals surface area contributed by atoms with E-state index >= 15 is 0 Å². The highest BCUT2D eigenvalue weighted by Crippen LogP contribution is 2.23. The van der Waals surface area contributed by atoms with Crippen LogP contribution in [0.1, 0.15) is 25.7 Å². The van der Waals surface area contributed by atoms with Gasteiger partial charge in [-0.25, -0.2) is 0 Å². The number of amides is 5. The van der Waals surface area contributed by atoms with Crippen molar-refractivity contribution < 1.29 is 52.8 Å². The van der Waals surface area contributed by atoms with Gasteiger partial charge >= 0.3 is 5.97 Å². The van der Waals surface area contributed by atoms with Gasteiger partial charge in [-0.3, -0.25) is 38.6 Å². The number of rotatable bonds is 19. The van der Waals surface area contributed by atoms with Gasteiger partial charge in [0.25, 0.3) is 11.8 Å². The molecule has 0 bridgehead atoms. The number of imide groups is 2. The first kappa shape index (κ1) is 29.0. The van der Waals surface area contributed by atoms with E-state index < -0.39 is 48.1 Å². The molecule has 0 aliphatic carbocycles. The van der Waals surface area contributed by atoms with Gasteiger partial charge in [0.2, 0.25) is 17.7 Å². The van der Waals surface area contributed by atoms with Crippen molar-refractivity contribution in [3.05, 3.63) is 12.2 Å². The molecule has 1 atom stereocenters. The second kappa shape index (κ2) is 15.7. The quantitative estimate of drug-likeness (QED) is 0.151. The summed E-state index contributed by atoms with van der Waals surface area (Å²) >= 11 is 0. The Balaban J connectivity index is 1.55. The van der Waals surface area contributed by atoms with Crippen LogP contribution in [0.3, 0.4) is 0 Å². The summed E-state index contributed by atoms with van der Waals surface area (Å²) in [7, 11) is 0. The zero-order valence-electron chi connectivity index (χ0n) is 19.8. The van der Waals surface area contributed by atoms with Gasteiger partial charge in [-0.05, 0) is 0 Å². The molecule has 0 saturated carbocycles. The average molecular weight is 514 g/mol. The molecule has 200 valence electrons. The standard InChI is InChI=1S/C22H31N3O11/c26-16(15-17(24-18(27)1-2-19(24)28)25-20(29)3-4-21(25)30)23-6-8-34-10-12-36-14-13-35-11-9-33-7-5-22(31)32/h1-2,17H,3-15H2,(H,23,26)(H,31,32). The number of hydrogen-bond donors (Lipinski definition) is 2. The number of ether oxygens (including phenoxy) is 4. The van der Waals surface area contributed by atoms with Crippen molar-refractivity contribution in [2.75, 3.05) is 59.4 Å². The Labute approximate surface area is 207 Å². The fourth-order valence-electron chi connectivity index (χ4n) is 3.35. The van der Waals surface area contributed by atoms with Crippen LogP contribution < -0.4 is 5.32 Å². The Morgan fingerprint density at radius 2 is 1.25 bits per heavy atom. The average Bonchev–Trinajstić information content (AvgIpc) is 3.34. The predicted octanol–water partition coefficient (Wildman–Crippen LogP) is -1.57. The Bertz CT molecular complexity index is 809. The van der Waals surface area contributed by atoms with Gasteiger partial charge in [0, 0.05) is 31.5 Å². The Morgan fingerprint density at radius 1 is 0.778 bits per heavy atom. The Kier molecular flexibility index (Phi) is 12.7. The number of carboxylic acid groups (broad SMARTS) is 1. The molecule has 5 amide bonds. The maximum Gasteiger partial charge on any atom is 0.305 e. The molecular formula is C22H31N3O11. The van der Waals surface area contributed by atoms with Crippen LogP contribution in [0, 0.1) is 0 Å². The van der Waals surface area contributed by atoms with Crippen LogP contribution in [0.5, 0.6) is 0 Å². The number of nitrogens with zero attached hydrogens (tertiary/aromatic N) is 2. The van der Waals surface area contributed by atoms with E-state index in [-0.39, 0.29) is 45.6 Å². The maximum absolute atomic E-state index is 12.4. The van der Waals surface area contributed by atoms with Crippen molar-refractivity contribution in [3.8, 4) is 0 Å². The highest BCUT2D eigenvalue weighted by Gasteiger charge is 2.43. The predicted molar refractivity (Wildman–Crippen MR) is 119 cm³/mol. The summed E-state index contributed by atoms with van der Waals surface area (Å²) in [5.74, 6) is -3.93.